The van der Waals surface area contributed by atoms with Crippen molar-refractivity contribution in [2.24, 2.45) is 17.3 Å². The highest BCUT2D eigenvalue weighted by Gasteiger charge is 2.31. The molecule has 0 heterocycles. The van der Waals surface area contributed by atoms with Crippen molar-refractivity contribution in [2.75, 3.05) is 0 Å². The first-order chi connectivity index (χ1) is 6.95. The number of nitrogens with zero attached hydrogens (tertiary/aromatic N) is 1. The zero-order valence-corrected chi connectivity index (χ0v) is 10.3. The summed E-state index contributed by atoms with van der Waals surface area (Å²) in [6.07, 6.45) is 5.38. The van der Waals surface area contributed by atoms with Gasteiger partial charge in [0, 0.05) is 6.42 Å². The van der Waals surface area contributed by atoms with Crippen LogP contribution in [0.25, 0.3) is 0 Å². The quantitative estimate of drug-likeness (QED) is 0.616. The molecule has 0 spiro atoms. The van der Waals surface area contributed by atoms with Gasteiger partial charge in [0.1, 0.15) is 0 Å². The molecule has 1 nitrogen and oxygen atoms in total. The lowest BCUT2D eigenvalue weighted by Crippen LogP contribution is -2.27. The highest BCUT2D eigenvalue weighted by molar-refractivity contribution is 5.06. The second-order valence-electron chi connectivity index (χ2n) is 5.89. The summed E-state index contributed by atoms with van der Waals surface area (Å²) in [6.45, 7) is 11.1. The fraction of sp³-hybridized carbons (Fsp3) is 0.786. The van der Waals surface area contributed by atoms with Gasteiger partial charge in [-0.3, -0.25) is 0 Å². The fourth-order valence-corrected chi connectivity index (χ4v) is 2.54. The van der Waals surface area contributed by atoms with Crippen LogP contribution >= 0.6 is 0 Å². The van der Waals surface area contributed by atoms with Crippen molar-refractivity contribution < 1.29 is 0 Å². The van der Waals surface area contributed by atoms with Crippen LogP contribution in [-0.4, -0.2) is 0 Å². The van der Waals surface area contributed by atoms with Crippen LogP contribution in [0.5, 0.6) is 0 Å². The van der Waals surface area contributed by atoms with Gasteiger partial charge in [0.15, 0.2) is 0 Å². The average molecular weight is 205 g/mol. The Kier molecular flexibility index (Phi) is 3.97. The predicted molar refractivity (Wildman–Crippen MR) is 64.3 cm³/mol. The first kappa shape index (κ1) is 12.3. The maximum Gasteiger partial charge on any atom is 0.0621 e. The normalized spacial score (nSPS) is 27.5. The SMILES string of the molecule is C=C1CC[C@H](C(C)(C)C)C[C@H]1CCC#N. The van der Waals surface area contributed by atoms with Gasteiger partial charge in [-0.2, -0.15) is 5.26 Å². The monoisotopic (exact) mass is 205 g/mol. The summed E-state index contributed by atoms with van der Waals surface area (Å²) in [5.74, 6) is 1.40. The maximum absolute atomic E-state index is 8.63. The van der Waals surface area contributed by atoms with Crippen LogP contribution in [0.15, 0.2) is 12.2 Å². The standard InChI is InChI=1S/C14H23N/c1-11-7-8-13(14(2,3)4)10-12(11)6-5-9-15/h12-13H,1,5-8,10H2,2-4H3/t12-,13+/m1/s1. The molecule has 2 atom stereocenters. The molecule has 0 radical (unpaired) electrons. The minimum Gasteiger partial charge on any atom is -0.198 e. The molecule has 0 aromatic carbocycles. The van der Waals surface area contributed by atoms with Crippen LogP contribution in [0.2, 0.25) is 0 Å². The van der Waals surface area contributed by atoms with Crippen molar-refractivity contribution in [3.05, 3.63) is 12.2 Å². The van der Waals surface area contributed by atoms with Gasteiger partial charge in [-0.15, -0.1) is 0 Å². The molecule has 0 bridgehead atoms. The van der Waals surface area contributed by atoms with Crippen molar-refractivity contribution in [1.82, 2.24) is 0 Å². The largest absolute Gasteiger partial charge is 0.198 e. The Bertz CT molecular complexity index is 264. The zero-order valence-electron chi connectivity index (χ0n) is 10.3. The highest BCUT2D eigenvalue weighted by Crippen LogP contribution is 2.43. The summed E-state index contributed by atoms with van der Waals surface area (Å²) in [7, 11) is 0. The molecule has 1 aliphatic rings. The van der Waals surface area contributed by atoms with Crippen LogP contribution in [0.4, 0.5) is 0 Å². The summed E-state index contributed by atoms with van der Waals surface area (Å²) in [5, 5.41) is 8.63. The van der Waals surface area contributed by atoms with E-state index in [-0.39, 0.29) is 0 Å². The minimum atomic E-state index is 0.408. The van der Waals surface area contributed by atoms with Crippen molar-refractivity contribution in [3.63, 3.8) is 0 Å². The van der Waals surface area contributed by atoms with Crippen LogP contribution < -0.4 is 0 Å². The van der Waals surface area contributed by atoms with E-state index < -0.39 is 0 Å². The molecule has 1 saturated carbocycles. The second-order valence-corrected chi connectivity index (χ2v) is 5.89. The first-order valence-electron chi connectivity index (χ1n) is 5.99. The maximum atomic E-state index is 8.63. The van der Waals surface area contributed by atoms with E-state index in [0.29, 0.717) is 17.8 Å². The Morgan fingerprint density at radius 2 is 2.13 bits per heavy atom. The molecule has 0 amide bonds. The van der Waals surface area contributed by atoms with E-state index in [2.05, 4.69) is 33.4 Å². The minimum absolute atomic E-state index is 0.408. The molecule has 0 saturated heterocycles. The molecule has 1 aliphatic carbocycles. The van der Waals surface area contributed by atoms with Gasteiger partial charge in [0.25, 0.3) is 0 Å². The number of nitriles is 1. The van der Waals surface area contributed by atoms with E-state index in [1.807, 2.05) is 0 Å². The Morgan fingerprint density at radius 1 is 1.47 bits per heavy atom. The molecular formula is C14H23N. The Balaban J connectivity index is 2.57. The molecule has 1 fully saturated rings. The van der Waals surface area contributed by atoms with Gasteiger partial charge in [-0.1, -0.05) is 32.9 Å². The van der Waals surface area contributed by atoms with Crippen LogP contribution in [0.1, 0.15) is 52.9 Å². The van der Waals surface area contributed by atoms with E-state index in [1.165, 1.54) is 18.4 Å². The summed E-state index contributed by atoms with van der Waals surface area (Å²) in [5.41, 5.74) is 1.79. The van der Waals surface area contributed by atoms with Crippen LogP contribution in [0, 0.1) is 28.6 Å². The molecule has 1 heteroatoms. The Hall–Kier alpha value is -0.770. The Labute approximate surface area is 94.2 Å². The summed E-state index contributed by atoms with van der Waals surface area (Å²) in [6, 6.07) is 2.25. The van der Waals surface area contributed by atoms with Crippen molar-refractivity contribution in [2.45, 2.75) is 52.9 Å². The first-order valence-corrected chi connectivity index (χ1v) is 5.99. The molecule has 0 aromatic rings. The lowest BCUT2D eigenvalue weighted by atomic mass is 9.67. The molecule has 0 aromatic heterocycles. The van der Waals surface area contributed by atoms with Gasteiger partial charge in [-0.25, -0.2) is 0 Å². The molecule has 84 valence electrons. The smallest absolute Gasteiger partial charge is 0.0621 e. The number of hydrogen-bond acceptors (Lipinski definition) is 1. The molecule has 0 unspecified atom stereocenters. The third kappa shape index (κ3) is 3.38. The summed E-state index contributed by atoms with van der Waals surface area (Å²) < 4.78 is 0. The van der Waals surface area contributed by atoms with Gasteiger partial charge in [0.05, 0.1) is 6.07 Å². The zero-order chi connectivity index (χ0) is 11.5. The molecule has 1 rings (SSSR count). The average Bonchev–Trinajstić information content (AvgIpc) is 2.15. The second kappa shape index (κ2) is 4.84. The fourth-order valence-electron chi connectivity index (χ4n) is 2.54. The van der Waals surface area contributed by atoms with Crippen molar-refractivity contribution in [3.8, 4) is 6.07 Å². The lowest BCUT2D eigenvalue weighted by Gasteiger charge is -2.38. The van der Waals surface area contributed by atoms with Crippen molar-refractivity contribution >= 4 is 0 Å². The number of rotatable bonds is 2. The van der Waals surface area contributed by atoms with Gasteiger partial charge in [-0.05, 0) is 42.9 Å². The van der Waals surface area contributed by atoms with Gasteiger partial charge in [0.2, 0.25) is 0 Å². The predicted octanol–water partition coefficient (Wildman–Crippen LogP) is 4.31. The van der Waals surface area contributed by atoms with E-state index in [0.717, 1.165) is 18.8 Å². The molecular weight excluding hydrogens is 182 g/mol. The van der Waals surface area contributed by atoms with Crippen LogP contribution in [0.3, 0.4) is 0 Å². The third-order valence-electron chi connectivity index (χ3n) is 3.79. The van der Waals surface area contributed by atoms with E-state index in [4.69, 9.17) is 5.26 Å². The van der Waals surface area contributed by atoms with Gasteiger partial charge < -0.3 is 0 Å². The topological polar surface area (TPSA) is 23.8 Å². The highest BCUT2D eigenvalue weighted by atomic mass is 14.4. The number of hydrogen-bond donors (Lipinski definition) is 0. The van der Waals surface area contributed by atoms with E-state index in [9.17, 15) is 0 Å². The van der Waals surface area contributed by atoms with Crippen molar-refractivity contribution in [1.29, 1.82) is 5.26 Å². The molecule has 0 aliphatic heterocycles. The third-order valence-corrected chi connectivity index (χ3v) is 3.79. The number of allylic oxidation sites excluding steroid dienone is 1. The molecule has 0 N–H and O–H groups in total. The van der Waals surface area contributed by atoms with Gasteiger partial charge >= 0.3 is 0 Å². The molecule has 15 heavy (non-hydrogen) atoms. The van der Waals surface area contributed by atoms with E-state index >= 15 is 0 Å². The summed E-state index contributed by atoms with van der Waals surface area (Å²) >= 11 is 0. The van der Waals surface area contributed by atoms with E-state index in [1.54, 1.807) is 0 Å². The van der Waals surface area contributed by atoms with Crippen LogP contribution in [-0.2, 0) is 0 Å². The lowest BCUT2D eigenvalue weighted by molar-refractivity contribution is 0.166. The Morgan fingerprint density at radius 3 is 2.67 bits per heavy atom. The summed E-state index contributed by atoms with van der Waals surface area (Å²) in [4.78, 5) is 0.